The Morgan fingerprint density at radius 2 is 1.86 bits per heavy atom. The zero-order chi connectivity index (χ0) is 14.9. The van der Waals surface area contributed by atoms with Crippen molar-refractivity contribution >= 4 is 10.0 Å². The highest BCUT2D eigenvalue weighted by Gasteiger charge is 2.20. The molecule has 0 aliphatic carbocycles. The Morgan fingerprint density at radius 3 is 2.57 bits per heavy atom. The molecule has 0 saturated carbocycles. The van der Waals surface area contributed by atoms with Gasteiger partial charge < -0.3 is 8.94 Å². The van der Waals surface area contributed by atoms with Crippen molar-refractivity contribution in [3.05, 3.63) is 42.5 Å². The van der Waals surface area contributed by atoms with Crippen LogP contribution in [0.15, 0.2) is 56.5 Å². The molecule has 108 valence electrons. The summed E-state index contributed by atoms with van der Waals surface area (Å²) in [7, 11) is -2.33. The Labute approximate surface area is 120 Å². The van der Waals surface area contributed by atoms with Gasteiger partial charge in [0.05, 0.1) is 0 Å². The third kappa shape index (κ3) is 2.58. The Kier molecular flexibility index (Phi) is 3.32. The quantitative estimate of drug-likeness (QED) is 0.790. The van der Waals surface area contributed by atoms with Gasteiger partial charge in [-0.05, 0) is 19.2 Å². The van der Waals surface area contributed by atoms with Crippen LogP contribution in [0.3, 0.4) is 0 Å². The summed E-state index contributed by atoms with van der Waals surface area (Å²) in [5.74, 6) is 0.713. The van der Waals surface area contributed by atoms with Gasteiger partial charge >= 0.3 is 0 Å². The second kappa shape index (κ2) is 5.15. The summed E-state index contributed by atoms with van der Waals surface area (Å²) >= 11 is 0. The Bertz CT molecular complexity index is 852. The third-order valence-corrected chi connectivity index (χ3v) is 4.07. The van der Waals surface area contributed by atoms with Crippen molar-refractivity contribution in [2.24, 2.45) is 0 Å². The SMILES string of the molecule is CNS(=O)(=O)c1ccc(-c2nc(-c3ccccc3)no2)o1. The molecule has 0 radical (unpaired) electrons. The minimum Gasteiger partial charge on any atom is -0.438 e. The molecule has 0 aliphatic rings. The van der Waals surface area contributed by atoms with Crippen LogP contribution in [0.1, 0.15) is 0 Å². The van der Waals surface area contributed by atoms with Crippen LogP contribution in [0.5, 0.6) is 0 Å². The number of rotatable bonds is 4. The smallest absolute Gasteiger partial charge is 0.293 e. The van der Waals surface area contributed by atoms with E-state index in [0.717, 1.165) is 5.56 Å². The first kappa shape index (κ1) is 13.5. The van der Waals surface area contributed by atoms with E-state index < -0.39 is 10.0 Å². The zero-order valence-corrected chi connectivity index (χ0v) is 11.8. The molecule has 0 fully saturated rings. The van der Waals surface area contributed by atoms with E-state index in [0.29, 0.717) is 5.82 Å². The van der Waals surface area contributed by atoms with Crippen LogP contribution in [-0.4, -0.2) is 25.6 Å². The molecule has 2 heterocycles. The summed E-state index contributed by atoms with van der Waals surface area (Å²) < 4.78 is 35.7. The summed E-state index contributed by atoms with van der Waals surface area (Å²) in [6, 6.07) is 12.1. The maximum absolute atomic E-state index is 11.6. The van der Waals surface area contributed by atoms with Gasteiger partial charge in [0.15, 0.2) is 5.76 Å². The molecule has 3 rings (SSSR count). The highest BCUT2D eigenvalue weighted by Crippen LogP contribution is 2.25. The maximum Gasteiger partial charge on any atom is 0.293 e. The van der Waals surface area contributed by atoms with Crippen molar-refractivity contribution in [3.63, 3.8) is 0 Å². The average molecular weight is 305 g/mol. The van der Waals surface area contributed by atoms with E-state index in [9.17, 15) is 8.42 Å². The lowest BCUT2D eigenvalue weighted by Gasteiger charge is -1.95. The lowest BCUT2D eigenvalue weighted by molar-refractivity contribution is 0.399. The lowest BCUT2D eigenvalue weighted by Crippen LogP contribution is -2.17. The predicted molar refractivity (Wildman–Crippen MR) is 73.7 cm³/mol. The number of nitrogens with zero attached hydrogens (tertiary/aromatic N) is 2. The monoisotopic (exact) mass is 305 g/mol. The van der Waals surface area contributed by atoms with Gasteiger partial charge in [-0.15, -0.1) is 0 Å². The number of benzene rings is 1. The molecular weight excluding hydrogens is 294 g/mol. The van der Waals surface area contributed by atoms with Crippen molar-refractivity contribution in [2.75, 3.05) is 7.05 Å². The van der Waals surface area contributed by atoms with E-state index in [1.54, 1.807) is 0 Å². The molecule has 7 nitrogen and oxygen atoms in total. The molecule has 0 unspecified atom stereocenters. The van der Waals surface area contributed by atoms with Crippen LogP contribution >= 0.6 is 0 Å². The summed E-state index contributed by atoms with van der Waals surface area (Å²) in [6.45, 7) is 0. The van der Waals surface area contributed by atoms with Gasteiger partial charge in [-0.1, -0.05) is 35.5 Å². The van der Waals surface area contributed by atoms with Gasteiger partial charge in [0.2, 0.25) is 10.9 Å². The summed E-state index contributed by atoms with van der Waals surface area (Å²) in [5, 5.41) is 3.63. The maximum atomic E-state index is 11.6. The number of furan rings is 1. The highest BCUT2D eigenvalue weighted by atomic mass is 32.2. The Morgan fingerprint density at radius 1 is 1.10 bits per heavy atom. The third-order valence-electron chi connectivity index (χ3n) is 2.78. The number of hydrogen-bond donors (Lipinski definition) is 1. The number of aromatic nitrogens is 2. The van der Waals surface area contributed by atoms with E-state index in [4.69, 9.17) is 8.94 Å². The second-order valence-electron chi connectivity index (χ2n) is 4.12. The first-order valence-electron chi connectivity index (χ1n) is 6.03. The first-order valence-corrected chi connectivity index (χ1v) is 7.51. The van der Waals surface area contributed by atoms with Gasteiger partial charge in [-0.3, -0.25) is 0 Å². The number of nitrogens with one attached hydrogen (secondary N) is 1. The van der Waals surface area contributed by atoms with Crippen molar-refractivity contribution < 1.29 is 17.4 Å². The summed E-state index contributed by atoms with van der Waals surface area (Å²) in [4.78, 5) is 4.19. The molecule has 0 bridgehead atoms. The van der Waals surface area contributed by atoms with Crippen LogP contribution in [0.4, 0.5) is 0 Å². The van der Waals surface area contributed by atoms with Crippen molar-refractivity contribution in [1.29, 1.82) is 0 Å². The minimum absolute atomic E-state index is 0.117. The van der Waals surface area contributed by atoms with E-state index in [2.05, 4.69) is 14.9 Å². The average Bonchev–Trinajstić information content (AvgIpc) is 3.17. The Balaban J connectivity index is 1.94. The van der Waals surface area contributed by atoms with Crippen LogP contribution in [-0.2, 0) is 10.0 Å². The van der Waals surface area contributed by atoms with Crippen LogP contribution in [0, 0.1) is 0 Å². The Hall–Kier alpha value is -2.45. The van der Waals surface area contributed by atoms with Gasteiger partial charge in [-0.2, -0.15) is 4.98 Å². The van der Waals surface area contributed by atoms with Crippen LogP contribution in [0.2, 0.25) is 0 Å². The van der Waals surface area contributed by atoms with Gasteiger partial charge in [0.1, 0.15) is 0 Å². The standard InChI is InChI=1S/C13H11N3O4S/c1-14-21(17,18)11-8-7-10(19-11)13-15-12(16-20-13)9-5-3-2-4-6-9/h2-8,14H,1H3. The molecule has 0 atom stereocenters. The molecule has 0 saturated heterocycles. The van der Waals surface area contributed by atoms with Crippen molar-refractivity contribution in [2.45, 2.75) is 5.09 Å². The van der Waals surface area contributed by atoms with E-state index in [1.807, 2.05) is 30.3 Å². The lowest BCUT2D eigenvalue weighted by atomic mass is 10.2. The molecule has 3 aromatic rings. The molecule has 1 N–H and O–H groups in total. The van der Waals surface area contributed by atoms with Crippen LogP contribution < -0.4 is 4.72 Å². The molecule has 2 aromatic heterocycles. The fraction of sp³-hybridized carbons (Fsp3) is 0.0769. The van der Waals surface area contributed by atoms with E-state index >= 15 is 0 Å². The normalized spacial score (nSPS) is 11.7. The first-order chi connectivity index (χ1) is 10.1. The van der Waals surface area contributed by atoms with Crippen LogP contribution in [0.25, 0.3) is 23.0 Å². The van der Waals surface area contributed by atoms with Crippen molar-refractivity contribution in [1.82, 2.24) is 14.9 Å². The molecule has 0 amide bonds. The molecule has 0 aliphatic heterocycles. The molecular formula is C13H11N3O4S. The topological polar surface area (TPSA) is 98.2 Å². The fourth-order valence-electron chi connectivity index (χ4n) is 1.71. The zero-order valence-electron chi connectivity index (χ0n) is 11.0. The van der Waals surface area contributed by atoms with Gasteiger partial charge in [0, 0.05) is 5.56 Å². The second-order valence-corrected chi connectivity index (χ2v) is 5.93. The largest absolute Gasteiger partial charge is 0.438 e. The van der Waals surface area contributed by atoms with E-state index in [-0.39, 0.29) is 16.7 Å². The minimum atomic E-state index is -3.64. The highest BCUT2D eigenvalue weighted by molar-refractivity contribution is 7.89. The fourth-order valence-corrected chi connectivity index (χ4v) is 2.36. The molecule has 21 heavy (non-hydrogen) atoms. The summed E-state index contributed by atoms with van der Waals surface area (Å²) in [5.41, 5.74) is 0.794. The number of hydrogen-bond acceptors (Lipinski definition) is 6. The van der Waals surface area contributed by atoms with Gasteiger partial charge in [-0.25, -0.2) is 13.1 Å². The molecule has 0 spiro atoms. The molecule has 8 heteroatoms. The van der Waals surface area contributed by atoms with Gasteiger partial charge in [0.25, 0.3) is 15.9 Å². The van der Waals surface area contributed by atoms with Crippen molar-refractivity contribution in [3.8, 4) is 23.0 Å². The van der Waals surface area contributed by atoms with E-state index in [1.165, 1.54) is 19.2 Å². The summed E-state index contributed by atoms with van der Waals surface area (Å²) in [6.07, 6.45) is 0. The predicted octanol–water partition coefficient (Wildman–Crippen LogP) is 1.90. The number of sulfonamides is 1. The molecule has 1 aromatic carbocycles.